The number of benzene rings is 2. The zero-order chi connectivity index (χ0) is 16.2. The molecular formula is C19H21ClN2S. The normalized spacial score (nSPS) is 15.0. The van der Waals surface area contributed by atoms with E-state index in [-0.39, 0.29) is 0 Å². The van der Waals surface area contributed by atoms with Gasteiger partial charge in [-0.25, -0.2) is 0 Å². The summed E-state index contributed by atoms with van der Waals surface area (Å²) in [5.41, 5.74) is 2.13. The third-order valence-corrected chi connectivity index (χ3v) is 5.03. The van der Waals surface area contributed by atoms with Gasteiger partial charge in [0.1, 0.15) is 0 Å². The molecule has 0 saturated heterocycles. The summed E-state index contributed by atoms with van der Waals surface area (Å²) in [4.78, 5) is 2.28. The fourth-order valence-corrected chi connectivity index (χ4v) is 3.29. The zero-order valence-corrected chi connectivity index (χ0v) is 14.8. The Hall–Kier alpha value is -1.58. The lowest BCUT2D eigenvalue weighted by Crippen LogP contribution is -2.41. The van der Waals surface area contributed by atoms with E-state index in [1.807, 2.05) is 30.3 Å². The van der Waals surface area contributed by atoms with Gasteiger partial charge in [0.15, 0.2) is 5.11 Å². The van der Waals surface area contributed by atoms with Crippen LogP contribution in [0.25, 0.3) is 0 Å². The van der Waals surface area contributed by atoms with Crippen LogP contribution in [0.15, 0.2) is 54.6 Å². The predicted molar refractivity (Wildman–Crippen MR) is 102 cm³/mol. The highest BCUT2D eigenvalue weighted by Crippen LogP contribution is 2.36. The van der Waals surface area contributed by atoms with E-state index >= 15 is 0 Å². The molecule has 0 spiro atoms. The molecule has 0 unspecified atom stereocenters. The lowest BCUT2D eigenvalue weighted by molar-refractivity contribution is 0.298. The van der Waals surface area contributed by atoms with Crippen molar-refractivity contribution in [1.82, 2.24) is 4.90 Å². The van der Waals surface area contributed by atoms with Gasteiger partial charge in [-0.05, 0) is 55.6 Å². The molecule has 120 valence electrons. The minimum atomic E-state index is 0.428. The van der Waals surface area contributed by atoms with Crippen LogP contribution in [0.4, 0.5) is 5.69 Å². The van der Waals surface area contributed by atoms with Gasteiger partial charge in [0.05, 0.1) is 10.7 Å². The van der Waals surface area contributed by atoms with Crippen LogP contribution in [0.5, 0.6) is 0 Å². The van der Waals surface area contributed by atoms with Gasteiger partial charge < -0.3 is 10.2 Å². The van der Waals surface area contributed by atoms with Gasteiger partial charge in [-0.2, -0.15) is 0 Å². The molecule has 2 nitrogen and oxygen atoms in total. The molecule has 3 rings (SSSR count). The molecule has 4 heteroatoms. The smallest absolute Gasteiger partial charge is 0.174 e. The van der Waals surface area contributed by atoms with Crippen molar-refractivity contribution in [3.8, 4) is 0 Å². The van der Waals surface area contributed by atoms with Crippen molar-refractivity contribution in [3.05, 3.63) is 65.2 Å². The second kappa shape index (κ2) is 7.33. The third kappa shape index (κ3) is 4.24. The quantitative estimate of drug-likeness (QED) is 0.737. The maximum atomic E-state index is 6.25. The Kier molecular flexibility index (Phi) is 5.19. The highest BCUT2D eigenvalue weighted by molar-refractivity contribution is 7.80. The van der Waals surface area contributed by atoms with E-state index in [9.17, 15) is 0 Å². The van der Waals surface area contributed by atoms with Crippen molar-refractivity contribution in [2.24, 2.45) is 5.92 Å². The second-order valence-corrected chi connectivity index (χ2v) is 6.90. The minimum Gasteiger partial charge on any atom is -0.342 e. The summed E-state index contributed by atoms with van der Waals surface area (Å²) >= 11 is 11.9. The van der Waals surface area contributed by atoms with Crippen LogP contribution in [0.3, 0.4) is 0 Å². The molecule has 1 saturated carbocycles. The Balaban J connectivity index is 1.77. The molecule has 0 heterocycles. The molecule has 23 heavy (non-hydrogen) atoms. The lowest BCUT2D eigenvalue weighted by Gasteiger charge is -2.32. The molecule has 1 N–H and O–H groups in total. The number of hydrogen-bond acceptors (Lipinski definition) is 1. The number of hydrogen-bond donors (Lipinski definition) is 1. The maximum Gasteiger partial charge on any atom is 0.174 e. The van der Waals surface area contributed by atoms with E-state index < -0.39 is 0 Å². The van der Waals surface area contributed by atoms with Crippen LogP contribution < -0.4 is 5.32 Å². The first-order valence-corrected chi connectivity index (χ1v) is 8.80. The van der Waals surface area contributed by atoms with Gasteiger partial charge in [-0.3, -0.25) is 0 Å². The summed E-state index contributed by atoms with van der Waals surface area (Å²) in [6.45, 7) is 3.08. The van der Waals surface area contributed by atoms with Crippen molar-refractivity contribution in [1.29, 1.82) is 0 Å². The molecule has 1 atom stereocenters. The van der Waals surface area contributed by atoms with Crippen molar-refractivity contribution in [2.45, 2.75) is 32.4 Å². The topological polar surface area (TPSA) is 15.3 Å². The van der Waals surface area contributed by atoms with E-state index in [0.29, 0.717) is 11.1 Å². The SMILES string of the molecule is C[C@H](C1CC1)N(Cc1ccccc1)C(=S)Nc1ccccc1Cl. The van der Waals surface area contributed by atoms with Gasteiger partial charge in [0.25, 0.3) is 0 Å². The molecule has 2 aromatic rings. The highest BCUT2D eigenvalue weighted by atomic mass is 35.5. The molecule has 2 aromatic carbocycles. The monoisotopic (exact) mass is 344 g/mol. The molecule has 0 aliphatic heterocycles. The van der Waals surface area contributed by atoms with Crippen LogP contribution >= 0.6 is 23.8 Å². The summed E-state index contributed by atoms with van der Waals surface area (Å²) in [5, 5.41) is 4.75. The Bertz CT molecular complexity index is 670. The highest BCUT2D eigenvalue weighted by Gasteiger charge is 2.33. The molecule has 0 bridgehead atoms. The number of nitrogens with one attached hydrogen (secondary N) is 1. The van der Waals surface area contributed by atoms with Crippen LogP contribution in [-0.4, -0.2) is 16.1 Å². The standard InChI is InChI=1S/C19H21ClN2S/c1-14(16-11-12-16)22(13-15-7-3-2-4-8-15)19(23)21-18-10-6-5-9-17(18)20/h2-10,14,16H,11-13H2,1H3,(H,21,23)/t14-/m1/s1. The fourth-order valence-electron chi connectivity index (χ4n) is 2.76. The summed E-state index contributed by atoms with van der Waals surface area (Å²) in [7, 11) is 0. The number of nitrogens with zero attached hydrogens (tertiary/aromatic N) is 1. The molecule has 1 fully saturated rings. The lowest BCUT2D eigenvalue weighted by atomic mass is 10.1. The largest absolute Gasteiger partial charge is 0.342 e. The van der Waals surface area contributed by atoms with Crippen LogP contribution in [0.1, 0.15) is 25.3 Å². The van der Waals surface area contributed by atoms with Gasteiger partial charge in [0.2, 0.25) is 0 Å². The first-order chi connectivity index (χ1) is 11.1. The van der Waals surface area contributed by atoms with Gasteiger partial charge in [0, 0.05) is 12.6 Å². The minimum absolute atomic E-state index is 0.428. The average molecular weight is 345 g/mol. The summed E-state index contributed by atoms with van der Waals surface area (Å²) in [5.74, 6) is 0.740. The van der Waals surface area contributed by atoms with E-state index in [0.717, 1.165) is 23.3 Å². The molecular weight excluding hydrogens is 324 g/mol. The average Bonchev–Trinajstić information content (AvgIpc) is 3.40. The molecule has 0 aromatic heterocycles. The molecule has 0 radical (unpaired) electrons. The zero-order valence-electron chi connectivity index (χ0n) is 13.2. The number of para-hydroxylation sites is 1. The number of anilines is 1. The van der Waals surface area contributed by atoms with Gasteiger partial charge in [-0.15, -0.1) is 0 Å². The van der Waals surface area contributed by atoms with Crippen LogP contribution in [-0.2, 0) is 6.54 Å². The number of halogens is 1. The van der Waals surface area contributed by atoms with Gasteiger partial charge in [-0.1, -0.05) is 54.1 Å². The fraction of sp³-hybridized carbons (Fsp3) is 0.316. The maximum absolute atomic E-state index is 6.25. The third-order valence-electron chi connectivity index (χ3n) is 4.37. The van der Waals surface area contributed by atoms with Crippen molar-refractivity contribution >= 4 is 34.6 Å². The van der Waals surface area contributed by atoms with Gasteiger partial charge >= 0.3 is 0 Å². The number of thiocarbonyl (C=S) groups is 1. The number of rotatable bonds is 5. The van der Waals surface area contributed by atoms with E-state index in [2.05, 4.69) is 41.4 Å². The Labute approximate surface area is 148 Å². The summed E-state index contributed by atoms with van der Waals surface area (Å²) < 4.78 is 0. The summed E-state index contributed by atoms with van der Waals surface area (Å²) in [6.07, 6.45) is 2.59. The molecule has 1 aliphatic rings. The Morgan fingerprint density at radius 3 is 2.48 bits per heavy atom. The molecule has 1 aliphatic carbocycles. The van der Waals surface area contributed by atoms with E-state index in [1.54, 1.807) is 0 Å². The van der Waals surface area contributed by atoms with Crippen molar-refractivity contribution in [3.63, 3.8) is 0 Å². The van der Waals surface area contributed by atoms with Crippen LogP contribution in [0, 0.1) is 5.92 Å². The Morgan fingerprint density at radius 1 is 1.17 bits per heavy atom. The van der Waals surface area contributed by atoms with E-state index in [4.69, 9.17) is 23.8 Å². The van der Waals surface area contributed by atoms with Crippen LogP contribution in [0.2, 0.25) is 5.02 Å². The second-order valence-electron chi connectivity index (χ2n) is 6.10. The van der Waals surface area contributed by atoms with Crippen molar-refractivity contribution < 1.29 is 0 Å². The summed E-state index contributed by atoms with van der Waals surface area (Å²) in [6, 6.07) is 18.6. The Morgan fingerprint density at radius 2 is 1.83 bits per heavy atom. The van der Waals surface area contributed by atoms with Crippen molar-refractivity contribution in [2.75, 3.05) is 5.32 Å². The first-order valence-electron chi connectivity index (χ1n) is 8.01. The predicted octanol–water partition coefficient (Wildman–Crippen LogP) is 5.34. The molecule has 0 amide bonds. The first kappa shape index (κ1) is 16.3. The van der Waals surface area contributed by atoms with E-state index in [1.165, 1.54) is 18.4 Å².